The van der Waals surface area contributed by atoms with Crippen molar-refractivity contribution in [2.45, 2.75) is 19.1 Å². The highest BCUT2D eigenvalue weighted by molar-refractivity contribution is 5.41. The fraction of sp³-hybridized carbons (Fsp3) is 0.222. The van der Waals surface area contributed by atoms with Gasteiger partial charge in [-0.05, 0) is 17.2 Å². The Morgan fingerprint density at radius 3 is 2.50 bits per heavy atom. The second-order valence-corrected chi connectivity index (χ2v) is 4.52. The Labute approximate surface area is 120 Å². The quantitative estimate of drug-likeness (QED) is 0.860. The molecule has 1 atom stereocenters. The molecule has 0 heterocycles. The van der Waals surface area contributed by atoms with Gasteiger partial charge in [-0.25, -0.2) is 0 Å². The smallest absolute Gasteiger partial charge is 0.0899 e. The van der Waals surface area contributed by atoms with Crippen molar-refractivity contribution in [3.63, 3.8) is 0 Å². The van der Waals surface area contributed by atoms with E-state index in [1.807, 2.05) is 54.6 Å². The summed E-state index contributed by atoms with van der Waals surface area (Å²) in [6, 6.07) is 17.5. The highest BCUT2D eigenvalue weighted by atomic mass is 16.5. The van der Waals surface area contributed by atoms with Crippen LogP contribution < -0.4 is 0 Å². The molecule has 0 amide bonds. The number of benzene rings is 2. The van der Waals surface area contributed by atoms with Crippen molar-refractivity contribution in [2.75, 3.05) is 7.11 Å². The molecule has 2 heteroatoms. The minimum absolute atomic E-state index is 0.422. The highest BCUT2D eigenvalue weighted by Gasteiger charge is 2.04. The lowest BCUT2D eigenvalue weighted by Gasteiger charge is -2.06. The van der Waals surface area contributed by atoms with Crippen LogP contribution in [0.4, 0.5) is 0 Å². The van der Waals surface area contributed by atoms with Gasteiger partial charge in [-0.2, -0.15) is 0 Å². The topological polar surface area (TPSA) is 29.5 Å². The van der Waals surface area contributed by atoms with Crippen LogP contribution in [0.2, 0.25) is 0 Å². The van der Waals surface area contributed by atoms with Crippen molar-refractivity contribution in [2.24, 2.45) is 0 Å². The summed E-state index contributed by atoms with van der Waals surface area (Å²) in [6.07, 6.45) is -0.121. The van der Waals surface area contributed by atoms with Crippen LogP contribution in [0.15, 0.2) is 54.6 Å². The minimum Gasteiger partial charge on any atom is -0.387 e. The van der Waals surface area contributed by atoms with Gasteiger partial charge in [0.1, 0.15) is 0 Å². The molecule has 0 aliphatic rings. The summed E-state index contributed by atoms with van der Waals surface area (Å²) in [5.74, 6) is 6.15. The highest BCUT2D eigenvalue weighted by Crippen LogP contribution is 2.15. The number of ether oxygens (including phenoxy) is 1. The van der Waals surface area contributed by atoms with Crippen LogP contribution in [0.5, 0.6) is 0 Å². The van der Waals surface area contributed by atoms with Gasteiger partial charge in [0.25, 0.3) is 0 Å². The van der Waals surface area contributed by atoms with Gasteiger partial charge in [0, 0.05) is 19.1 Å². The van der Waals surface area contributed by atoms with Gasteiger partial charge in [0.2, 0.25) is 0 Å². The van der Waals surface area contributed by atoms with Crippen LogP contribution in [0.25, 0.3) is 0 Å². The largest absolute Gasteiger partial charge is 0.387 e. The third kappa shape index (κ3) is 3.96. The maximum absolute atomic E-state index is 10.0. The van der Waals surface area contributed by atoms with E-state index in [2.05, 4.69) is 11.8 Å². The molecule has 20 heavy (non-hydrogen) atoms. The molecule has 0 fully saturated rings. The SMILES string of the molecule is COCc1ccccc1C#CCC(O)c1ccccc1. The first-order valence-electron chi connectivity index (χ1n) is 6.60. The summed E-state index contributed by atoms with van der Waals surface area (Å²) < 4.78 is 5.15. The van der Waals surface area contributed by atoms with Gasteiger partial charge in [0.05, 0.1) is 12.7 Å². The van der Waals surface area contributed by atoms with E-state index >= 15 is 0 Å². The molecular weight excluding hydrogens is 248 g/mol. The van der Waals surface area contributed by atoms with E-state index < -0.39 is 6.10 Å². The summed E-state index contributed by atoms with van der Waals surface area (Å²) >= 11 is 0. The zero-order chi connectivity index (χ0) is 14.2. The van der Waals surface area contributed by atoms with Crippen LogP contribution >= 0.6 is 0 Å². The molecular formula is C18H18O2. The van der Waals surface area contributed by atoms with Crippen molar-refractivity contribution in [1.82, 2.24) is 0 Å². The van der Waals surface area contributed by atoms with E-state index in [4.69, 9.17) is 4.74 Å². The Morgan fingerprint density at radius 2 is 1.75 bits per heavy atom. The third-order valence-electron chi connectivity index (χ3n) is 3.02. The van der Waals surface area contributed by atoms with Crippen molar-refractivity contribution in [3.05, 3.63) is 71.3 Å². The van der Waals surface area contributed by atoms with Crippen molar-refractivity contribution in [3.8, 4) is 11.8 Å². The van der Waals surface area contributed by atoms with E-state index in [9.17, 15) is 5.11 Å². The number of aliphatic hydroxyl groups is 1. The lowest BCUT2D eigenvalue weighted by Crippen LogP contribution is -1.95. The molecule has 1 N–H and O–H groups in total. The standard InChI is InChI=1S/C18H18O2/c1-20-14-17-11-6-5-8-15(17)12-7-13-18(19)16-9-3-2-4-10-16/h2-6,8-11,18-19H,13-14H2,1H3. The monoisotopic (exact) mass is 266 g/mol. The van der Waals surface area contributed by atoms with Crippen molar-refractivity contribution < 1.29 is 9.84 Å². The number of aliphatic hydroxyl groups excluding tert-OH is 1. The third-order valence-corrected chi connectivity index (χ3v) is 3.02. The molecule has 0 aliphatic heterocycles. The van der Waals surface area contributed by atoms with Crippen molar-refractivity contribution in [1.29, 1.82) is 0 Å². The van der Waals surface area contributed by atoms with E-state index in [0.29, 0.717) is 13.0 Å². The number of rotatable bonds is 4. The first-order valence-corrected chi connectivity index (χ1v) is 6.60. The molecule has 2 aromatic carbocycles. The maximum atomic E-state index is 10.0. The van der Waals surface area contributed by atoms with E-state index in [1.54, 1.807) is 7.11 Å². The molecule has 1 unspecified atom stereocenters. The number of hydrogen-bond donors (Lipinski definition) is 1. The molecule has 2 aromatic rings. The fourth-order valence-electron chi connectivity index (χ4n) is 1.96. The lowest BCUT2D eigenvalue weighted by atomic mass is 10.1. The summed E-state index contributed by atoms with van der Waals surface area (Å²) in [4.78, 5) is 0. The predicted octanol–water partition coefficient (Wildman–Crippen LogP) is 3.31. The predicted molar refractivity (Wildman–Crippen MR) is 80.1 cm³/mol. The molecule has 0 radical (unpaired) electrons. The molecule has 102 valence electrons. The van der Waals surface area contributed by atoms with Gasteiger partial charge in [-0.3, -0.25) is 0 Å². The molecule has 0 aliphatic carbocycles. The van der Waals surface area contributed by atoms with E-state index in [-0.39, 0.29) is 0 Å². The molecule has 0 saturated carbocycles. The lowest BCUT2D eigenvalue weighted by molar-refractivity contribution is 0.184. The zero-order valence-electron chi connectivity index (χ0n) is 11.5. The van der Waals surface area contributed by atoms with E-state index in [1.165, 1.54) is 0 Å². The normalized spacial score (nSPS) is 11.5. The average Bonchev–Trinajstić information content (AvgIpc) is 2.50. The van der Waals surface area contributed by atoms with Crippen LogP contribution in [0.1, 0.15) is 29.2 Å². The van der Waals surface area contributed by atoms with Crippen LogP contribution in [-0.4, -0.2) is 12.2 Å². The molecule has 0 spiro atoms. The number of methoxy groups -OCH3 is 1. The fourth-order valence-corrected chi connectivity index (χ4v) is 1.96. The van der Waals surface area contributed by atoms with Crippen molar-refractivity contribution >= 4 is 0 Å². The van der Waals surface area contributed by atoms with Gasteiger partial charge in [-0.1, -0.05) is 60.4 Å². The molecule has 0 saturated heterocycles. The molecule has 0 bridgehead atoms. The Kier molecular flexibility index (Phi) is 5.37. The maximum Gasteiger partial charge on any atom is 0.0899 e. The Hall–Kier alpha value is -2.08. The van der Waals surface area contributed by atoms with Crippen LogP contribution in [0, 0.1) is 11.8 Å². The number of hydrogen-bond acceptors (Lipinski definition) is 2. The first kappa shape index (κ1) is 14.3. The Bertz CT molecular complexity index is 594. The Balaban J connectivity index is 2.05. The molecule has 2 nitrogen and oxygen atoms in total. The summed E-state index contributed by atoms with van der Waals surface area (Å²) in [7, 11) is 1.67. The zero-order valence-corrected chi connectivity index (χ0v) is 11.5. The molecule has 0 aromatic heterocycles. The van der Waals surface area contributed by atoms with Crippen LogP contribution in [-0.2, 0) is 11.3 Å². The van der Waals surface area contributed by atoms with Gasteiger partial charge >= 0.3 is 0 Å². The summed E-state index contributed by atoms with van der Waals surface area (Å²) in [5.41, 5.74) is 2.92. The first-order chi connectivity index (χ1) is 9.81. The van der Waals surface area contributed by atoms with Crippen LogP contribution in [0.3, 0.4) is 0 Å². The van der Waals surface area contributed by atoms with E-state index in [0.717, 1.165) is 16.7 Å². The summed E-state index contributed by atoms with van der Waals surface area (Å²) in [5, 5.41) is 10.0. The summed E-state index contributed by atoms with van der Waals surface area (Å²) in [6.45, 7) is 0.548. The Morgan fingerprint density at radius 1 is 1.05 bits per heavy atom. The van der Waals surface area contributed by atoms with Gasteiger partial charge in [-0.15, -0.1) is 0 Å². The molecule has 2 rings (SSSR count). The second kappa shape index (κ2) is 7.49. The van der Waals surface area contributed by atoms with Gasteiger partial charge in [0.15, 0.2) is 0 Å². The minimum atomic E-state index is -0.543. The average molecular weight is 266 g/mol. The van der Waals surface area contributed by atoms with Gasteiger partial charge < -0.3 is 9.84 Å². The second-order valence-electron chi connectivity index (χ2n) is 4.52.